The van der Waals surface area contributed by atoms with Crippen molar-refractivity contribution in [3.05, 3.63) is 0 Å². The SMILES string of the molecule is O=C(O)P(O)S. The molecule has 0 fully saturated rings. The van der Waals surface area contributed by atoms with Crippen molar-refractivity contribution in [2.45, 2.75) is 0 Å². The molecule has 0 aliphatic carbocycles. The fourth-order valence-corrected chi connectivity index (χ4v) is 0. The van der Waals surface area contributed by atoms with Gasteiger partial charge in [-0.25, -0.2) is 4.79 Å². The fraction of sp³-hybridized carbons (Fsp3) is 0. The Labute approximate surface area is 41.0 Å². The van der Waals surface area contributed by atoms with Crippen LogP contribution in [0.2, 0.25) is 0 Å². The molecule has 3 nitrogen and oxygen atoms in total. The lowest BCUT2D eigenvalue weighted by atomic mass is 11.6. The number of carboxylic acid groups (broad SMARTS) is 1. The van der Waals surface area contributed by atoms with Crippen molar-refractivity contribution in [1.29, 1.82) is 0 Å². The molecule has 0 bridgehead atoms. The molecule has 0 saturated carbocycles. The van der Waals surface area contributed by atoms with Gasteiger partial charge in [0.15, 0.2) is 0 Å². The molecule has 0 aromatic carbocycles. The molecule has 0 saturated heterocycles. The third-order valence-electron chi connectivity index (χ3n) is 0.171. The molecular weight excluding hydrogens is 123 g/mol. The molecule has 5 heteroatoms. The van der Waals surface area contributed by atoms with Crippen molar-refractivity contribution < 1.29 is 14.8 Å². The van der Waals surface area contributed by atoms with Crippen molar-refractivity contribution in [2.24, 2.45) is 0 Å². The highest BCUT2D eigenvalue weighted by molar-refractivity contribution is 8.48. The molecule has 2 N–H and O–H groups in total. The van der Waals surface area contributed by atoms with E-state index in [9.17, 15) is 4.79 Å². The van der Waals surface area contributed by atoms with Crippen LogP contribution in [0.3, 0.4) is 0 Å². The zero-order valence-corrected chi connectivity index (χ0v) is 4.49. The summed E-state index contributed by atoms with van der Waals surface area (Å²) in [5.41, 5.74) is -1.26. The number of hydrogen-bond donors (Lipinski definition) is 3. The van der Waals surface area contributed by atoms with E-state index in [0.29, 0.717) is 0 Å². The van der Waals surface area contributed by atoms with Crippen molar-refractivity contribution in [3.63, 3.8) is 0 Å². The van der Waals surface area contributed by atoms with E-state index in [1.165, 1.54) is 0 Å². The highest BCUT2D eigenvalue weighted by atomic mass is 32.7. The van der Waals surface area contributed by atoms with Crippen LogP contribution in [0.15, 0.2) is 0 Å². The summed E-state index contributed by atoms with van der Waals surface area (Å²) in [6, 6.07) is 0. The molecule has 36 valence electrons. The Kier molecular flexibility index (Phi) is 2.48. The van der Waals surface area contributed by atoms with E-state index in [1.54, 1.807) is 0 Å². The van der Waals surface area contributed by atoms with Crippen molar-refractivity contribution in [3.8, 4) is 0 Å². The number of carbonyl (C=O) groups is 1. The second kappa shape index (κ2) is 2.39. The molecule has 0 heterocycles. The van der Waals surface area contributed by atoms with E-state index in [4.69, 9.17) is 10.00 Å². The van der Waals surface area contributed by atoms with Gasteiger partial charge in [-0.2, -0.15) is 0 Å². The van der Waals surface area contributed by atoms with Gasteiger partial charge in [-0.3, -0.25) is 0 Å². The Bertz CT molecular complexity index is 61.8. The smallest absolute Gasteiger partial charge is 0.362 e. The second-order valence-electron chi connectivity index (χ2n) is 0.572. The van der Waals surface area contributed by atoms with Crippen LogP contribution >= 0.6 is 19.6 Å². The van der Waals surface area contributed by atoms with Crippen LogP contribution in [0, 0.1) is 0 Å². The van der Waals surface area contributed by atoms with Gasteiger partial charge < -0.3 is 10.00 Å². The number of rotatable bonds is 1. The predicted octanol–water partition coefficient (Wildman–Crippen LogP) is 0.898. The van der Waals surface area contributed by atoms with Gasteiger partial charge in [0.1, 0.15) is 0 Å². The quantitative estimate of drug-likeness (QED) is 0.361. The molecule has 0 aromatic heterocycles. The molecule has 0 aliphatic heterocycles. The number of thiol groups is 1. The molecule has 0 rings (SSSR count). The first-order valence-electron chi connectivity index (χ1n) is 1.05. The predicted molar refractivity (Wildman–Crippen MR) is 26.1 cm³/mol. The summed E-state index contributed by atoms with van der Waals surface area (Å²) < 4.78 is 0. The summed E-state index contributed by atoms with van der Waals surface area (Å²) >= 11 is 3.21. The lowest BCUT2D eigenvalue weighted by molar-refractivity contribution is 0.219. The van der Waals surface area contributed by atoms with Crippen molar-refractivity contribution in [1.82, 2.24) is 0 Å². The van der Waals surface area contributed by atoms with Crippen LogP contribution in [0.1, 0.15) is 0 Å². The lowest BCUT2D eigenvalue weighted by Crippen LogP contribution is -1.79. The van der Waals surface area contributed by atoms with Crippen LogP contribution < -0.4 is 0 Å². The van der Waals surface area contributed by atoms with E-state index < -0.39 is 13.1 Å². The summed E-state index contributed by atoms with van der Waals surface area (Å²) in [5, 5.41) is 7.69. The standard InChI is InChI=1S/CH3O3PS/c2-1(3)5(4)6/h4,6H,(H,2,3). The Morgan fingerprint density at radius 3 is 2.00 bits per heavy atom. The summed E-state index contributed by atoms with van der Waals surface area (Å²) in [6.07, 6.45) is 0. The molecule has 0 spiro atoms. The first-order valence-corrected chi connectivity index (χ1v) is 3.50. The molecule has 0 amide bonds. The van der Waals surface area contributed by atoms with Crippen LogP contribution in [-0.4, -0.2) is 15.7 Å². The minimum absolute atomic E-state index is 1.26. The first-order chi connectivity index (χ1) is 2.64. The van der Waals surface area contributed by atoms with Gasteiger partial charge in [-0.15, -0.1) is 12.2 Å². The maximum Gasteiger partial charge on any atom is 0.362 e. The highest BCUT2D eigenvalue weighted by Crippen LogP contribution is 2.34. The zero-order chi connectivity index (χ0) is 5.15. The van der Waals surface area contributed by atoms with Gasteiger partial charge in [0, 0.05) is 0 Å². The van der Waals surface area contributed by atoms with Crippen LogP contribution in [0.4, 0.5) is 4.79 Å². The van der Waals surface area contributed by atoms with E-state index in [2.05, 4.69) is 12.2 Å². The third kappa shape index (κ3) is 2.45. The molecule has 0 aromatic rings. The maximum absolute atomic E-state index is 9.40. The maximum atomic E-state index is 9.40. The second-order valence-corrected chi connectivity index (χ2v) is 2.67. The fourth-order valence-electron chi connectivity index (χ4n) is 0. The normalized spacial score (nSPS) is 13.7. The van der Waals surface area contributed by atoms with Crippen molar-refractivity contribution >= 4 is 25.3 Å². The average molecular weight is 126 g/mol. The molecule has 0 aliphatic rings. The van der Waals surface area contributed by atoms with E-state index in [-0.39, 0.29) is 0 Å². The van der Waals surface area contributed by atoms with E-state index in [1.807, 2.05) is 0 Å². The largest absolute Gasteiger partial charge is 0.476 e. The highest BCUT2D eigenvalue weighted by Gasteiger charge is 2.04. The van der Waals surface area contributed by atoms with Crippen molar-refractivity contribution in [2.75, 3.05) is 0 Å². The van der Waals surface area contributed by atoms with Crippen LogP contribution in [0.25, 0.3) is 0 Å². The van der Waals surface area contributed by atoms with Gasteiger partial charge >= 0.3 is 5.71 Å². The summed E-state index contributed by atoms with van der Waals surface area (Å²) in [4.78, 5) is 17.4. The topological polar surface area (TPSA) is 57.5 Å². The Morgan fingerprint density at radius 2 is 2.00 bits per heavy atom. The molecule has 0 radical (unpaired) electrons. The first kappa shape index (κ1) is 6.21. The monoisotopic (exact) mass is 126 g/mol. The minimum atomic E-state index is -2.05. The van der Waals surface area contributed by atoms with Crippen LogP contribution in [0.5, 0.6) is 0 Å². The molecule has 1 atom stereocenters. The average Bonchev–Trinajstić information content (AvgIpc) is 1.36. The molecule has 1 unspecified atom stereocenters. The van der Waals surface area contributed by atoms with Gasteiger partial charge in [0.25, 0.3) is 0 Å². The van der Waals surface area contributed by atoms with Gasteiger partial charge in [-0.1, -0.05) is 0 Å². The van der Waals surface area contributed by atoms with Gasteiger partial charge in [0.05, 0.1) is 0 Å². The third-order valence-corrected chi connectivity index (χ3v) is 1.03. The van der Waals surface area contributed by atoms with Crippen LogP contribution in [-0.2, 0) is 0 Å². The van der Waals surface area contributed by atoms with Gasteiger partial charge in [0.2, 0.25) is 7.35 Å². The summed E-state index contributed by atoms with van der Waals surface area (Å²) in [7, 11) is -2.05. The van der Waals surface area contributed by atoms with E-state index >= 15 is 0 Å². The van der Waals surface area contributed by atoms with Gasteiger partial charge in [-0.05, 0) is 0 Å². The lowest BCUT2D eigenvalue weighted by Gasteiger charge is -1.86. The zero-order valence-electron chi connectivity index (χ0n) is 2.70. The summed E-state index contributed by atoms with van der Waals surface area (Å²) in [5.74, 6) is 0. The Hall–Kier alpha value is 0.210. The minimum Gasteiger partial charge on any atom is -0.476 e. The summed E-state index contributed by atoms with van der Waals surface area (Å²) in [6.45, 7) is 0. The molecule has 6 heavy (non-hydrogen) atoms. The molecular formula is CH3O3PS. The van der Waals surface area contributed by atoms with E-state index in [0.717, 1.165) is 0 Å². The Morgan fingerprint density at radius 1 is 1.83 bits per heavy atom. The Balaban J connectivity index is 3.26. The number of hydrogen-bond acceptors (Lipinski definition) is 3.